The molecule has 1 aliphatic rings. The molecule has 2 rings (SSSR count). The topological polar surface area (TPSA) is 92.7 Å². The summed E-state index contributed by atoms with van der Waals surface area (Å²) in [4.78, 5) is 12.2. The highest BCUT2D eigenvalue weighted by molar-refractivity contribution is 5.75. The van der Waals surface area contributed by atoms with Gasteiger partial charge in [-0.25, -0.2) is 4.79 Å². The highest BCUT2D eigenvalue weighted by atomic mass is 16.6. The molecule has 0 aliphatic carbocycles. The molecule has 158 valence electrons. The molecule has 8 nitrogen and oxygen atoms in total. The van der Waals surface area contributed by atoms with E-state index in [0.29, 0.717) is 34.1 Å². The Labute approximate surface area is 165 Å². The van der Waals surface area contributed by atoms with Gasteiger partial charge in [0.1, 0.15) is 0 Å². The molecule has 1 aromatic rings. The van der Waals surface area contributed by atoms with Crippen molar-refractivity contribution in [2.24, 2.45) is 11.8 Å². The zero-order valence-corrected chi connectivity index (χ0v) is 17.7. The summed E-state index contributed by atoms with van der Waals surface area (Å²) in [5.41, 5.74) is 1.21. The molecule has 1 heterocycles. The zero-order chi connectivity index (χ0) is 21.2. The highest BCUT2D eigenvalue weighted by Crippen LogP contribution is 2.54. The molecule has 1 aromatic carbocycles. The van der Waals surface area contributed by atoms with Gasteiger partial charge in [0.25, 0.3) is 0 Å². The number of aliphatic hydroxyl groups excluding tert-OH is 1. The molecule has 0 radical (unpaired) electrons. The third-order valence-corrected chi connectivity index (χ3v) is 5.44. The van der Waals surface area contributed by atoms with E-state index < -0.39 is 30.2 Å². The van der Waals surface area contributed by atoms with Crippen LogP contribution in [0, 0.1) is 18.8 Å². The van der Waals surface area contributed by atoms with Gasteiger partial charge in [0, 0.05) is 17.4 Å². The summed E-state index contributed by atoms with van der Waals surface area (Å²) in [5, 5.41) is 10.8. The van der Waals surface area contributed by atoms with Crippen LogP contribution in [0.5, 0.6) is 23.0 Å². The zero-order valence-electron chi connectivity index (χ0n) is 17.7. The minimum Gasteiger partial charge on any atom is -0.492 e. The smallest absolute Gasteiger partial charge is 0.335 e. The molecule has 0 unspecified atom stereocenters. The van der Waals surface area contributed by atoms with Crippen molar-refractivity contribution in [1.29, 1.82) is 0 Å². The van der Waals surface area contributed by atoms with E-state index in [1.54, 1.807) is 6.92 Å². The number of ether oxygens (including phenoxy) is 6. The van der Waals surface area contributed by atoms with Gasteiger partial charge in [-0.15, -0.1) is 0 Å². The normalized spacial score (nSPS) is 27.1. The summed E-state index contributed by atoms with van der Waals surface area (Å²) < 4.78 is 33.4. The Hall–Kier alpha value is -2.19. The maximum atomic E-state index is 12.2. The van der Waals surface area contributed by atoms with Crippen LogP contribution in [-0.4, -0.2) is 58.8 Å². The second-order valence-corrected chi connectivity index (χ2v) is 6.88. The first-order valence-corrected chi connectivity index (χ1v) is 9.06. The van der Waals surface area contributed by atoms with Crippen LogP contribution >= 0.6 is 0 Å². The van der Waals surface area contributed by atoms with Gasteiger partial charge >= 0.3 is 5.97 Å². The fraction of sp³-hybridized carbons (Fsp3) is 0.650. The van der Waals surface area contributed by atoms with E-state index >= 15 is 0 Å². The largest absolute Gasteiger partial charge is 0.492 e. The van der Waals surface area contributed by atoms with Crippen molar-refractivity contribution < 1.29 is 38.3 Å². The lowest BCUT2D eigenvalue weighted by atomic mass is 9.79. The number of methoxy groups -OCH3 is 5. The maximum absolute atomic E-state index is 12.2. The monoisotopic (exact) mass is 398 g/mol. The van der Waals surface area contributed by atoms with Crippen molar-refractivity contribution in [3.05, 3.63) is 11.1 Å². The number of hydrogen-bond donors (Lipinski definition) is 1. The second kappa shape index (κ2) is 8.87. The average molecular weight is 398 g/mol. The Morgan fingerprint density at radius 1 is 0.857 bits per heavy atom. The van der Waals surface area contributed by atoms with Gasteiger partial charge in [-0.05, 0) is 6.92 Å². The van der Waals surface area contributed by atoms with Gasteiger partial charge in [0.05, 0.1) is 53.3 Å². The Morgan fingerprint density at radius 3 is 1.71 bits per heavy atom. The number of carbonyl (C=O) groups excluding carboxylic acids is 1. The predicted octanol–water partition coefficient (Wildman–Crippen LogP) is 2.28. The van der Waals surface area contributed by atoms with Gasteiger partial charge in [-0.3, -0.25) is 0 Å². The van der Waals surface area contributed by atoms with Crippen LogP contribution < -0.4 is 18.9 Å². The third kappa shape index (κ3) is 3.46. The second-order valence-electron chi connectivity index (χ2n) is 6.88. The van der Waals surface area contributed by atoms with Crippen molar-refractivity contribution in [3.63, 3.8) is 0 Å². The summed E-state index contributed by atoms with van der Waals surface area (Å²) in [7, 11) is 7.37. The molecule has 0 spiro atoms. The van der Waals surface area contributed by atoms with Gasteiger partial charge in [0.2, 0.25) is 0 Å². The minimum absolute atomic E-state index is 0.365. The number of rotatable bonds is 6. The third-order valence-electron chi connectivity index (χ3n) is 5.44. The minimum atomic E-state index is -0.936. The van der Waals surface area contributed by atoms with Crippen LogP contribution in [0.4, 0.5) is 0 Å². The SMILES string of the molecule is COC(=O)[C@H]1O[C@@H](c2c(OC)c(OC)c(C)c(OC)c2OC)[C@H](C)[C@@H](O)[C@@H]1C. The van der Waals surface area contributed by atoms with Gasteiger partial charge in [0.15, 0.2) is 29.1 Å². The number of benzene rings is 1. The molecule has 8 heteroatoms. The Balaban J connectivity index is 2.75. The lowest BCUT2D eigenvalue weighted by Gasteiger charge is -2.42. The van der Waals surface area contributed by atoms with Crippen LogP contribution in [0.3, 0.4) is 0 Å². The molecule has 1 N–H and O–H groups in total. The van der Waals surface area contributed by atoms with Crippen LogP contribution in [-0.2, 0) is 14.3 Å². The maximum Gasteiger partial charge on any atom is 0.335 e. The first-order valence-electron chi connectivity index (χ1n) is 9.06. The van der Waals surface area contributed by atoms with Crippen molar-refractivity contribution in [1.82, 2.24) is 0 Å². The number of carbonyl (C=O) groups is 1. The Bertz CT molecular complexity index is 684. The van der Waals surface area contributed by atoms with Gasteiger partial charge in [-0.2, -0.15) is 0 Å². The van der Waals surface area contributed by atoms with E-state index in [4.69, 9.17) is 28.4 Å². The van der Waals surface area contributed by atoms with Crippen LogP contribution in [0.1, 0.15) is 31.1 Å². The predicted molar refractivity (Wildman–Crippen MR) is 101 cm³/mol. The van der Waals surface area contributed by atoms with Crippen LogP contribution in [0.25, 0.3) is 0 Å². The van der Waals surface area contributed by atoms with E-state index in [-0.39, 0.29) is 5.92 Å². The van der Waals surface area contributed by atoms with E-state index in [1.165, 1.54) is 35.5 Å². The molecule has 1 saturated heterocycles. The quantitative estimate of drug-likeness (QED) is 0.730. The average Bonchev–Trinajstić information content (AvgIpc) is 2.70. The highest BCUT2D eigenvalue weighted by Gasteiger charge is 2.47. The lowest BCUT2D eigenvalue weighted by Crippen LogP contribution is -2.49. The molecule has 0 aromatic heterocycles. The lowest BCUT2D eigenvalue weighted by molar-refractivity contribution is -0.195. The van der Waals surface area contributed by atoms with E-state index in [9.17, 15) is 9.90 Å². The van der Waals surface area contributed by atoms with Crippen molar-refractivity contribution >= 4 is 5.97 Å². The summed E-state index contributed by atoms with van der Waals surface area (Å²) in [6.45, 7) is 5.42. The molecule has 0 amide bonds. The van der Waals surface area contributed by atoms with E-state index in [1.807, 2.05) is 13.8 Å². The number of hydrogen-bond acceptors (Lipinski definition) is 8. The van der Waals surface area contributed by atoms with Gasteiger partial charge < -0.3 is 33.5 Å². The van der Waals surface area contributed by atoms with E-state index in [0.717, 1.165) is 0 Å². The molecular formula is C20H30O8. The molecule has 0 bridgehead atoms. The fourth-order valence-electron chi connectivity index (χ4n) is 3.91. The van der Waals surface area contributed by atoms with Crippen molar-refractivity contribution in [2.75, 3.05) is 35.5 Å². The first-order chi connectivity index (χ1) is 13.3. The van der Waals surface area contributed by atoms with E-state index in [2.05, 4.69) is 0 Å². The molecule has 28 heavy (non-hydrogen) atoms. The number of esters is 1. The summed E-state index contributed by atoms with van der Waals surface area (Å²) in [6.07, 6.45) is -2.46. The first kappa shape index (κ1) is 22.1. The van der Waals surface area contributed by atoms with Crippen LogP contribution in [0.2, 0.25) is 0 Å². The van der Waals surface area contributed by atoms with Crippen molar-refractivity contribution in [3.8, 4) is 23.0 Å². The fourth-order valence-corrected chi connectivity index (χ4v) is 3.91. The van der Waals surface area contributed by atoms with Crippen LogP contribution in [0.15, 0.2) is 0 Å². The summed E-state index contributed by atoms with van der Waals surface area (Å²) in [5.74, 6) is 0.385. The standard InChI is InChI=1S/C20H30O8/c1-9-13(21)10(2)17(20(22)27-8)28-14(9)12-18(25-6)15(23-4)11(3)16(24-5)19(12)26-7/h9-10,13-14,17,21H,1-8H3/t9-,10+,13-,14-,17+/m1/s1. The number of aliphatic hydroxyl groups is 1. The summed E-state index contributed by atoms with van der Waals surface area (Å²) >= 11 is 0. The molecule has 1 aliphatic heterocycles. The molecular weight excluding hydrogens is 368 g/mol. The molecule has 1 fully saturated rings. The Kier molecular flexibility index (Phi) is 7.01. The Morgan fingerprint density at radius 2 is 1.32 bits per heavy atom. The summed E-state index contributed by atoms with van der Waals surface area (Å²) in [6, 6.07) is 0. The molecule has 5 atom stereocenters. The molecule has 0 saturated carbocycles. The van der Waals surface area contributed by atoms with Gasteiger partial charge in [-0.1, -0.05) is 13.8 Å². The van der Waals surface area contributed by atoms with Crippen molar-refractivity contribution in [2.45, 2.75) is 39.1 Å².